The highest BCUT2D eigenvalue weighted by Gasteiger charge is 2.17. The third-order valence-corrected chi connectivity index (χ3v) is 5.97. The SMILES string of the molecule is N#Cc1ccc(NC(=O)c2sccc2Cl)c(NC(=O)c2sccc2Cl)c1. The fraction of sp³-hybridized carbons (Fsp3) is 0. The van der Waals surface area contributed by atoms with Crippen molar-refractivity contribution in [3.05, 3.63) is 66.5 Å². The zero-order chi connectivity index (χ0) is 18.7. The van der Waals surface area contributed by atoms with Gasteiger partial charge in [0.2, 0.25) is 0 Å². The lowest BCUT2D eigenvalue weighted by Crippen LogP contribution is -2.16. The lowest BCUT2D eigenvalue weighted by atomic mass is 10.1. The van der Waals surface area contributed by atoms with Crippen molar-refractivity contribution in [2.24, 2.45) is 0 Å². The second kappa shape index (κ2) is 7.89. The monoisotopic (exact) mass is 421 g/mol. The third-order valence-electron chi connectivity index (χ3n) is 3.29. The van der Waals surface area contributed by atoms with Crippen LogP contribution < -0.4 is 10.6 Å². The van der Waals surface area contributed by atoms with Gasteiger partial charge in [-0.3, -0.25) is 9.59 Å². The topological polar surface area (TPSA) is 82.0 Å². The van der Waals surface area contributed by atoms with E-state index in [1.807, 2.05) is 6.07 Å². The molecule has 2 amide bonds. The van der Waals surface area contributed by atoms with Gasteiger partial charge in [0.15, 0.2) is 0 Å². The maximum atomic E-state index is 12.4. The summed E-state index contributed by atoms with van der Waals surface area (Å²) in [6.07, 6.45) is 0. The molecular weight excluding hydrogens is 413 g/mol. The number of hydrogen-bond donors (Lipinski definition) is 2. The average Bonchev–Trinajstić information content (AvgIpc) is 3.24. The molecule has 0 spiro atoms. The molecule has 0 aliphatic carbocycles. The summed E-state index contributed by atoms with van der Waals surface area (Å²) in [7, 11) is 0. The predicted octanol–water partition coefficient (Wildman–Crippen LogP) is 5.49. The van der Waals surface area contributed by atoms with Crippen molar-refractivity contribution in [3.63, 3.8) is 0 Å². The van der Waals surface area contributed by atoms with Crippen LogP contribution in [0.5, 0.6) is 0 Å². The molecule has 0 atom stereocenters. The third kappa shape index (κ3) is 3.89. The van der Waals surface area contributed by atoms with Crippen molar-refractivity contribution < 1.29 is 9.59 Å². The number of hydrogen-bond acceptors (Lipinski definition) is 5. The van der Waals surface area contributed by atoms with E-state index < -0.39 is 11.8 Å². The lowest BCUT2D eigenvalue weighted by molar-refractivity contribution is 0.102. The molecule has 0 bridgehead atoms. The quantitative estimate of drug-likeness (QED) is 0.583. The number of nitrogens with zero attached hydrogens (tertiary/aromatic N) is 1. The Hall–Kier alpha value is -2.37. The second-order valence-electron chi connectivity index (χ2n) is 4.98. The maximum Gasteiger partial charge on any atom is 0.267 e. The fourth-order valence-corrected chi connectivity index (χ4v) is 4.17. The molecule has 0 unspecified atom stereocenters. The van der Waals surface area contributed by atoms with E-state index in [1.54, 1.807) is 35.0 Å². The maximum absolute atomic E-state index is 12.4. The number of carbonyl (C=O) groups excluding carboxylic acids is 2. The Balaban J connectivity index is 1.90. The van der Waals surface area contributed by atoms with Crippen molar-refractivity contribution in [1.29, 1.82) is 5.26 Å². The van der Waals surface area contributed by atoms with E-state index in [4.69, 9.17) is 28.5 Å². The molecule has 26 heavy (non-hydrogen) atoms. The second-order valence-corrected chi connectivity index (χ2v) is 7.62. The number of benzene rings is 1. The number of halogens is 2. The van der Waals surface area contributed by atoms with Crippen LogP contribution in [0, 0.1) is 11.3 Å². The van der Waals surface area contributed by atoms with Crippen LogP contribution in [0.15, 0.2) is 41.1 Å². The molecule has 5 nitrogen and oxygen atoms in total. The number of amides is 2. The highest BCUT2D eigenvalue weighted by Crippen LogP contribution is 2.29. The molecule has 0 fully saturated rings. The van der Waals surface area contributed by atoms with Crippen LogP contribution in [-0.4, -0.2) is 11.8 Å². The minimum atomic E-state index is -0.426. The molecule has 9 heteroatoms. The normalized spacial score (nSPS) is 10.2. The van der Waals surface area contributed by atoms with E-state index in [9.17, 15) is 9.59 Å². The van der Waals surface area contributed by atoms with Gasteiger partial charge in [-0.15, -0.1) is 22.7 Å². The molecule has 2 N–H and O–H groups in total. The molecular formula is C17H9Cl2N3O2S2. The number of rotatable bonds is 4. The smallest absolute Gasteiger partial charge is 0.267 e. The summed E-state index contributed by atoms with van der Waals surface area (Å²) in [5, 5.41) is 18.6. The molecule has 1 aromatic carbocycles. The molecule has 0 saturated carbocycles. The van der Waals surface area contributed by atoms with Gasteiger partial charge in [-0.05, 0) is 41.1 Å². The van der Waals surface area contributed by atoms with Crippen LogP contribution in [-0.2, 0) is 0 Å². The first-order valence-corrected chi connectivity index (χ1v) is 9.64. The van der Waals surface area contributed by atoms with E-state index in [0.717, 1.165) is 0 Å². The van der Waals surface area contributed by atoms with Gasteiger partial charge in [-0.2, -0.15) is 5.26 Å². The summed E-state index contributed by atoms with van der Waals surface area (Å²) in [5.74, 6) is -0.830. The molecule has 3 aromatic rings. The minimum absolute atomic E-state index is 0.291. The Morgan fingerprint density at radius 3 is 1.88 bits per heavy atom. The molecule has 0 saturated heterocycles. The predicted molar refractivity (Wildman–Crippen MR) is 106 cm³/mol. The van der Waals surface area contributed by atoms with Crippen LogP contribution in [0.3, 0.4) is 0 Å². The summed E-state index contributed by atoms with van der Waals surface area (Å²) >= 11 is 14.4. The van der Waals surface area contributed by atoms with Crippen molar-refractivity contribution in [3.8, 4) is 6.07 Å². The van der Waals surface area contributed by atoms with Crippen LogP contribution in [0.25, 0.3) is 0 Å². The summed E-state index contributed by atoms with van der Waals surface area (Å²) in [6, 6.07) is 9.81. The summed E-state index contributed by atoms with van der Waals surface area (Å²) < 4.78 is 0. The minimum Gasteiger partial charge on any atom is -0.319 e. The standard InChI is InChI=1S/C17H9Cl2N3O2S2/c18-10-3-5-25-14(10)16(23)21-12-2-1-9(8-20)7-13(12)22-17(24)15-11(19)4-6-26-15/h1-7H,(H,21,23)(H,22,24). The van der Waals surface area contributed by atoms with Gasteiger partial charge in [0, 0.05) is 0 Å². The van der Waals surface area contributed by atoms with Crippen molar-refractivity contribution in [1.82, 2.24) is 0 Å². The van der Waals surface area contributed by atoms with Crippen LogP contribution in [0.2, 0.25) is 10.0 Å². The number of thiophene rings is 2. The van der Waals surface area contributed by atoms with Gasteiger partial charge in [0.05, 0.1) is 33.1 Å². The molecule has 2 aromatic heterocycles. The zero-order valence-electron chi connectivity index (χ0n) is 12.9. The Labute approximate surface area is 166 Å². The summed E-state index contributed by atoms with van der Waals surface area (Å²) in [5.41, 5.74) is 0.976. The lowest BCUT2D eigenvalue weighted by Gasteiger charge is -2.12. The molecule has 3 rings (SSSR count). The molecule has 0 aliphatic rings. The summed E-state index contributed by atoms with van der Waals surface area (Å²) in [6.45, 7) is 0. The van der Waals surface area contributed by atoms with Gasteiger partial charge in [0.25, 0.3) is 11.8 Å². The van der Waals surface area contributed by atoms with E-state index in [-0.39, 0.29) is 0 Å². The summed E-state index contributed by atoms with van der Waals surface area (Å²) in [4.78, 5) is 25.5. The van der Waals surface area contributed by atoms with Gasteiger partial charge in [0.1, 0.15) is 9.75 Å². The van der Waals surface area contributed by atoms with E-state index in [1.165, 1.54) is 28.7 Å². The first-order valence-electron chi connectivity index (χ1n) is 7.12. The van der Waals surface area contributed by atoms with Gasteiger partial charge >= 0.3 is 0 Å². The Kier molecular flexibility index (Phi) is 5.59. The average molecular weight is 422 g/mol. The largest absolute Gasteiger partial charge is 0.319 e. The molecule has 0 aliphatic heterocycles. The van der Waals surface area contributed by atoms with Crippen LogP contribution in [0.4, 0.5) is 11.4 Å². The Morgan fingerprint density at radius 2 is 1.42 bits per heavy atom. The highest BCUT2D eigenvalue weighted by atomic mass is 35.5. The van der Waals surface area contributed by atoms with Crippen molar-refractivity contribution in [2.75, 3.05) is 10.6 Å². The zero-order valence-corrected chi connectivity index (χ0v) is 16.0. The van der Waals surface area contributed by atoms with Gasteiger partial charge in [-0.25, -0.2) is 0 Å². The van der Waals surface area contributed by atoms with Crippen molar-refractivity contribution >= 4 is 69.1 Å². The van der Waals surface area contributed by atoms with Crippen LogP contribution in [0.1, 0.15) is 24.9 Å². The van der Waals surface area contributed by atoms with E-state index in [2.05, 4.69) is 10.6 Å². The molecule has 130 valence electrons. The van der Waals surface area contributed by atoms with Gasteiger partial charge < -0.3 is 10.6 Å². The fourth-order valence-electron chi connectivity index (χ4n) is 2.10. The van der Waals surface area contributed by atoms with Gasteiger partial charge in [-0.1, -0.05) is 23.2 Å². The number of carbonyl (C=O) groups is 2. The number of anilines is 2. The Morgan fingerprint density at radius 1 is 0.885 bits per heavy atom. The first-order chi connectivity index (χ1) is 12.5. The van der Waals surface area contributed by atoms with Crippen LogP contribution >= 0.6 is 45.9 Å². The Bertz CT molecular complexity index is 1040. The van der Waals surface area contributed by atoms with E-state index >= 15 is 0 Å². The molecule has 2 heterocycles. The number of nitriles is 1. The molecule has 0 radical (unpaired) electrons. The van der Waals surface area contributed by atoms with Crippen molar-refractivity contribution in [2.45, 2.75) is 0 Å². The van der Waals surface area contributed by atoms with E-state index in [0.29, 0.717) is 36.7 Å². The first kappa shape index (κ1) is 18.4. The number of nitrogens with one attached hydrogen (secondary N) is 2. The highest BCUT2D eigenvalue weighted by molar-refractivity contribution is 7.13.